The average Bonchev–Trinajstić information content (AvgIpc) is 2.96. The van der Waals surface area contributed by atoms with Gasteiger partial charge in [-0.05, 0) is 37.3 Å². The molecule has 2 heterocycles. The van der Waals surface area contributed by atoms with Crippen molar-refractivity contribution in [2.24, 2.45) is 0 Å². The molecule has 6 heteroatoms. The molecule has 6 nitrogen and oxygen atoms in total. The summed E-state index contributed by atoms with van der Waals surface area (Å²) in [5, 5.41) is 13.7. The number of amides is 1. The fourth-order valence-corrected chi connectivity index (χ4v) is 3.00. The minimum Gasteiger partial charge on any atom is -0.508 e. The lowest BCUT2D eigenvalue weighted by molar-refractivity contribution is 0.0963. The van der Waals surface area contributed by atoms with Crippen LogP contribution >= 0.6 is 0 Å². The van der Waals surface area contributed by atoms with Crippen LogP contribution in [-0.4, -0.2) is 23.0 Å². The van der Waals surface area contributed by atoms with Crippen molar-refractivity contribution in [3.05, 3.63) is 60.0 Å². The number of phenolic OH excluding ortho intramolecular Hbond substituents is 1. The molecule has 0 bridgehead atoms. The molecule has 0 atom stereocenters. The van der Waals surface area contributed by atoms with Gasteiger partial charge in [0.1, 0.15) is 28.6 Å². The van der Waals surface area contributed by atoms with Crippen LogP contribution in [0.1, 0.15) is 23.5 Å². The maximum atomic E-state index is 12.0. The summed E-state index contributed by atoms with van der Waals surface area (Å²) >= 11 is 0. The second-order valence-electron chi connectivity index (χ2n) is 5.88. The number of hydrogen-bond acceptors (Lipinski definition) is 5. The van der Waals surface area contributed by atoms with E-state index in [1.54, 1.807) is 62.6 Å². The van der Waals surface area contributed by atoms with Crippen molar-refractivity contribution in [2.75, 3.05) is 7.05 Å². The number of fused-ring (bicyclic) bond motifs is 2. The number of nitrogens with zero attached hydrogens (tertiary/aromatic N) is 1. The fraction of sp³-hybridized carbons (Fsp3) is 0.143. The standard InChI is InChI=1S/C20H16N2O4.CH4/c1-11-19(20(24)21-2)15-6-4-13(10-18(15)25-11)26-17-7-8-22-16-9-12(23)3-5-14(16)17;/h3-10,23H,1-2H3,(H,21,24);1H4. The second-order valence-corrected chi connectivity index (χ2v) is 5.88. The number of nitrogens with one attached hydrogen (secondary N) is 1. The zero-order valence-corrected chi connectivity index (χ0v) is 14.2. The third kappa shape index (κ3) is 3.17. The lowest BCUT2D eigenvalue weighted by Gasteiger charge is -2.08. The molecule has 27 heavy (non-hydrogen) atoms. The van der Waals surface area contributed by atoms with Gasteiger partial charge in [0.15, 0.2) is 0 Å². The number of phenols is 1. The van der Waals surface area contributed by atoms with Crippen molar-refractivity contribution in [1.82, 2.24) is 10.3 Å². The highest BCUT2D eigenvalue weighted by atomic mass is 16.5. The topological polar surface area (TPSA) is 84.6 Å². The van der Waals surface area contributed by atoms with E-state index in [1.807, 2.05) is 0 Å². The number of aryl methyl sites for hydroxylation is 1. The second kappa shape index (κ2) is 6.99. The molecule has 4 aromatic rings. The molecule has 1 amide bonds. The van der Waals surface area contributed by atoms with Gasteiger partial charge in [0.05, 0.1) is 11.1 Å². The van der Waals surface area contributed by atoms with Gasteiger partial charge in [0.25, 0.3) is 5.91 Å². The van der Waals surface area contributed by atoms with Gasteiger partial charge in [-0.2, -0.15) is 0 Å². The zero-order chi connectivity index (χ0) is 18.3. The molecule has 0 unspecified atom stereocenters. The summed E-state index contributed by atoms with van der Waals surface area (Å²) in [7, 11) is 1.59. The quantitative estimate of drug-likeness (QED) is 0.546. The molecular formula is C21H20N2O4. The van der Waals surface area contributed by atoms with Crippen LogP contribution in [0, 0.1) is 6.92 Å². The smallest absolute Gasteiger partial charge is 0.255 e. The molecule has 2 aromatic heterocycles. The highest BCUT2D eigenvalue weighted by Gasteiger charge is 2.17. The molecule has 4 rings (SSSR count). The van der Waals surface area contributed by atoms with Crippen LogP contribution in [0.2, 0.25) is 0 Å². The number of benzene rings is 2. The van der Waals surface area contributed by atoms with E-state index in [1.165, 1.54) is 0 Å². The van der Waals surface area contributed by atoms with E-state index in [4.69, 9.17) is 9.15 Å². The van der Waals surface area contributed by atoms with Gasteiger partial charge in [0, 0.05) is 36.1 Å². The third-order valence-electron chi connectivity index (χ3n) is 4.21. The van der Waals surface area contributed by atoms with Gasteiger partial charge in [-0.25, -0.2) is 0 Å². The van der Waals surface area contributed by atoms with E-state index in [0.29, 0.717) is 33.9 Å². The summed E-state index contributed by atoms with van der Waals surface area (Å²) in [5.74, 6) is 1.71. The molecule has 0 spiro atoms. The zero-order valence-electron chi connectivity index (χ0n) is 14.2. The summed E-state index contributed by atoms with van der Waals surface area (Å²) in [5.41, 5.74) is 1.74. The maximum absolute atomic E-state index is 12.0. The van der Waals surface area contributed by atoms with Crippen LogP contribution in [0.25, 0.3) is 21.9 Å². The van der Waals surface area contributed by atoms with Crippen LogP contribution in [0.15, 0.2) is 53.1 Å². The van der Waals surface area contributed by atoms with Gasteiger partial charge >= 0.3 is 0 Å². The van der Waals surface area contributed by atoms with Crippen LogP contribution in [0.3, 0.4) is 0 Å². The number of aromatic nitrogens is 1. The number of ether oxygens (including phenoxy) is 1. The minimum absolute atomic E-state index is 0. The highest BCUT2D eigenvalue weighted by molar-refractivity contribution is 6.07. The number of furan rings is 1. The van der Waals surface area contributed by atoms with Gasteiger partial charge < -0.3 is 19.6 Å². The number of aromatic hydroxyl groups is 1. The Morgan fingerprint density at radius 1 is 1.15 bits per heavy atom. The molecule has 0 saturated heterocycles. The monoisotopic (exact) mass is 364 g/mol. The van der Waals surface area contributed by atoms with Crippen LogP contribution in [0.4, 0.5) is 0 Å². The number of pyridine rings is 1. The highest BCUT2D eigenvalue weighted by Crippen LogP contribution is 2.34. The van der Waals surface area contributed by atoms with Gasteiger partial charge in [-0.1, -0.05) is 7.43 Å². The summed E-state index contributed by atoms with van der Waals surface area (Å²) in [6, 6.07) is 12.0. The Morgan fingerprint density at radius 2 is 1.93 bits per heavy atom. The molecule has 0 aliphatic carbocycles. The van der Waals surface area contributed by atoms with E-state index >= 15 is 0 Å². The molecule has 0 fully saturated rings. The Labute approximate surface area is 156 Å². The van der Waals surface area contributed by atoms with Crippen molar-refractivity contribution < 1.29 is 19.1 Å². The fourth-order valence-electron chi connectivity index (χ4n) is 3.00. The SMILES string of the molecule is C.CNC(=O)c1c(C)oc2cc(Oc3ccnc4cc(O)ccc34)ccc12. The lowest BCUT2D eigenvalue weighted by atomic mass is 10.1. The van der Waals surface area contributed by atoms with E-state index in [-0.39, 0.29) is 19.1 Å². The van der Waals surface area contributed by atoms with Gasteiger partial charge in [-0.15, -0.1) is 0 Å². The largest absolute Gasteiger partial charge is 0.508 e. The van der Waals surface area contributed by atoms with E-state index in [2.05, 4.69) is 10.3 Å². The average molecular weight is 364 g/mol. The molecule has 138 valence electrons. The van der Waals surface area contributed by atoms with Crippen molar-refractivity contribution >= 4 is 27.8 Å². The van der Waals surface area contributed by atoms with Crippen molar-refractivity contribution in [2.45, 2.75) is 14.4 Å². The van der Waals surface area contributed by atoms with E-state index < -0.39 is 0 Å². The Morgan fingerprint density at radius 3 is 2.70 bits per heavy atom. The van der Waals surface area contributed by atoms with Crippen LogP contribution in [-0.2, 0) is 0 Å². The first-order valence-electron chi connectivity index (χ1n) is 8.07. The Hall–Kier alpha value is -3.54. The van der Waals surface area contributed by atoms with Crippen LogP contribution < -0.4 is 10.1 Å². The van der Waals surface area contributed by atoms with Crippen molar-refractivity contribution in [3.8, 4) is 17.2 Å². The van der Waals surface area contributed by atoms with Crippen LogP contribution in [0.5, 0.6) is 17.2 Å². The summed E-state index contributed by atoms with van der Waals surface area (Å²) < 4.78 is 11.7. The molecule has 0 radical (unpaired) electrons. The van der Waals surface area contributed by atoms with E-state index in [9.17, 15) is 9.90 Å². The van der Waals surface area contributed by atoms with Crippen molar-refractivity contribution in [1.29, 1.82) is 0 Å². The first kappa shape index (κ1) is 18.3. The molecule has 0 aliphatic rings. The molecular weight excluding hydrogens is 344 g/mol. The van der Waals surface area contributed by atoms with Crippen molar-refractivity contribution in [3.63, 3.8) is 0 Å². The van der Waals surface area contributed by atoms with Gasteiger partial charge in [-0.3, -0.25) is 9.78 Å². The first-order chi connectivity index (χ1) is 12.6. The molecule has 0 aliphatic heterocycles. The number of rotatable bonds is 3. The molecule has 0 saturated carbocycles. The number of carbonyl (C=O) groups excluding carboxylic acids is 1. The minimum atomic E-state index is -0.185. The lowest BCUT2D eigenvalue weighted by Crippen LogP contribution is -2.18. The molecule has 2 aromatic carbocycles. The predicted octanol–water partition coefficient (Wildman–Crippen LogP) is 4.78. The molecule has 2 N–H and O–H groups in total. The normalized spacial score (nSPS) is 10.6. The Bertz CT molecular complexity index is 1150. The van der Waals surface area contributed by atoms with E-state index in [0.717, 1.165) is 10.8 Å². The first-order valence-corrected chi connectivity index (χ1v) is 8.07. The maximum Gasteiger partial charge on any atom is 0.255 e. The van der Waals surface area contributed by atoms with Gasteiger partial charge in [0.2, 0.25) is 0 Å². The summed E-state index contributed by atoms with van der Waals surface area (Å²) in [6.45, 7) is 1.76. The number of carbonyl (C=O) groups is 1. The Kier molecular flexibility index (Phi) is 4.73. The third-order valence-corrected chi connectivity index (χ3v) is 4.21. The number of hydrogen-bond donors (Lipinski definition) is 2. The summed E-state index contributed by atoms with van der Waals surface area (Å²) in [4.78, 5) is 16.3. The predicted molar refractivity (Wildman–Crippen MR) is 105 cm³/mol. The Balaban J connectivity index is 0.00000210. The summed E-state index contributed by atoms with van der Waals surface area (Å²) in [6.07, 6.45) is 1.62.